The average molecular weight is 181 g/mol. The fourth-order valence-electron chi connectivity index (χ4n) is 0.946. The normalized spacial score (nSPS) is 18.0. The molecule has 0 N–H and O–H groups in total. The van der Waals surface area contributed by atoms with E-state index in [1.165, 1.54) is 4.88 Å². The zero-order valence-corrected chi connectivity index (χ0v) is 7.69. The first kappa shape index (κ1) is 7.19. The van der Waals surface area contributed by atoms with Gasteiger partial charge >= 0.3 is 0 Å². The molecule has 1 aliphatic rings. The Hall–Kier alpha value is -0.470. The van der Waals surface area contributed by atoms with Crippen molar-refractivity contribution in [1.82, 2.24) is 0 Å². The van der Waals surface area contributed by atoms with E-state index in [-0.39, 0.29) is 10.9 Å². The smallest absolute Gasteiger partial charge is 0.0432 e. The summed E-state index contributed by atoms with van der Waals surface area (Å²) in [5.74, 6) is 2.33. The summed E-state index contributed by atoms with van der Waals surface area (Å²) in [6, 6.07) is 4.25. The van der Waals surface area contributed by atoms with Gasteiger partial charge in [0.1, 0.15) is 0 Å². The molecule has 2 rings (SSSR count). The van der Waals surface area contributed by atoms with Crippen molar-refractivity contribution in [3.05, 3.63) is 51.1 Å². The van der Waals surface area contributed by atoms with E-state index in [0.717, 1.165) is 0 Å². The van der Waals surface area contributed by atoms with Crippen molar-refractivity contribution in [2.75, 3.05) is 0 Å². The van der Waals surface area contributed by atoms with Crippen LogP contribution in [0.25, 0.3) is 0 Å². The third kappa shape index (κ3) is 1.76. The summed E-state index contributed by atoms with van der Waals surface area (Å²) < 4.78 is 0. The Morgan fingerprint density at radius 3 is 2.73 bits per heavy atom. The van der Waals surface area contributed by atoms with E-state index in [9.17, 15) is 0 Å². The van der Waals surface area contributed by atoms with Gasteiger partial charge in [0.2, 0.25) is 0 Å². The molecule has 0 spiro atoms. The summed E-state index contributed by atoms with van der Waals surface area (Å²) in [7, 11) is -0.0714. The van der Waals surface area contributed by atoms with Gasteiger partial charge in [0.25, 0.3) is 0 Å². The monoisotopic (exact) mass is 181 g/mol. The van der Waals surface area contributed by atoms with E-state index in [4.69, 9.17) is 0 Å². The van der Waals surface area contributed by atoms with Crippen LogP contribution >= 0.6 is 22.2 Å². The summed E-state index contributed by atoms with van der Waals surface area (Å²) in [5.41, 5.74) is 0. The number of thiophene rings is 1. The van der Waals surface area contributed by atoms with Crippen LogP contribution in [0.4, 0.5) is 0 Å². The predicted molar refractivity (Wildman–Crippen MR) is 55.0 cm³/mol. The quantitative estimate of drug-likeness (QED) is 0.665. The second-order valence-corrected chi connectivity index (χ2v) is 5.00. The fraction of sp³-hybridized carbons (Fsp3) is 0. The van der Waals surface area contributed by atoms with Gasteiger partial charge in [-0.15, -0.1) is 11.3 Å². The van der Waals surface area contributed by atoms with Crippen LogP contribution in [0.2, 0.25) is 0 Å². The first-order chi connectivity index (χ1) is 5.45. The molecule has 0 saturated heterocycles. The molecule has 0 unspecified atom stereocenters. The van der Waals surface area contributed by atoms with Crippen molar-refractivity contribution in [2.24, 2.45) is 0 Å². The summed E-state index contributed by atoms with van der Waals surface area (Å²) >= 11 is 1.80. The average Bonchev–Trinajstić information content (AvgIpc) is 2.60. The first-order valence-corrected chi connectivity index (χ1v) is 5.89. The summed E-state index contributed by atoms with van der Waals surface area (Å²) in [6.45, 7) is 0. The molecule has 0 saturated carbocycles. The molecule has 1 radical (unpaired) electrons. The number of hydrogen-bond donors (Lipinski definition) is 1. The van der Waals surface area contributed by atoms with Crippen molar-refractivity contribution < 1.29 is 0 Å². The van der Waals surface area contributed by atoms with Crippen LogP contribution < -0.4 is 0 Å². The zero-order valence-electron chi connectivity index (χ0n) is 5.97. The van der Waals surface area contributed by atoms with E-state index in [1.807, 2.05) is 0 Å². The highest BCUT2D eigenvalue weighted by molar-refractivity contribution is 8.24. The van der Waals surface area contributed by atoms with E-state index < -0.39 is 0 Å². The molecule has 1 aromatic heterocycles. The molecule has 0 aliphatic carbocycles. The molecule has 2 heteroatoms. The Morgan fingerprint density at radius 1 is 1.27 bits per heavy atom. The Balaban J connectivity index is 2.01. The first-order valence-electron chi connectivity index (χ1n) is 3.46. The van der Waals surface area contributed by atoms with Crippen LogP contribution in [0.3, 0.4) is 0 Å². The predicted octanol–water partition coefficient (Wildman–Crippen LogP) is 3.30. The van der Waals surface area contributed by atoms with Gasteiger partial charge in [-0.2, -0.15) is 0 Å². The van der Waals surface area contributed by atoms with Crippen LogP contribution in [0.15, 0.2) is 40.5 Å². The Kier molecular flexibility index (Phi) is 2.15. The standard InChI is InChI=1S/C9H9S2/c1-2-7-11(6-1)8-9-4-3-5-10-9/h1-8,11H. The largest absolute Gasteiger partial charge is 0.204 e. The highest BCUT2D eigenvalue weighted by atomic mass is 32.2. The van der Waals surface area contributed by atoms with Crippen LogP contribution in [0.1, 0.15) is 4.88 Å². The van der Waals surface area contributed by atoms with Crippen molar-refractivity contribution >= 4 is 22.2 Å². The Labute approximate surface area is 73.6 Å². The Bertz CT molecular complexity index is 258. The third-order valence-corrected chi connectivity index (χ3v) is 4.05. The molecule has 0 aromatic carbocycles. The molecular weight excluding hydrogens is 172 g/mol. The van der Waals surface area contributed by atoms with E-state index in [0.29, 0.717) is 0 Å². The number of thiol groups is 1. The van der Waals surface area contributed by atoms with Gasteiger partial charge in [-0.05, 0) is 22.3 Å². The van der Waals surface area contributed by atoms with Crippen molar-refractivity contribution in [1.29, 1.82) is 0 Å². The molecule has 0 nitrogen and oxygen atoms in total. The molecule has 0 fully saturated rings. The zero-order chi connectivity index (χ0) is 7.52. The van der Waals surface area contributed by atoms with Gasteiger partial charge in [-0.3, -0.25) is 0 Å². The molecular formula is C9H9S2. The maximum atomic E-state index is 2.33. The molecule has 11 heavy (non-hydrogen) atoms. The lowest BCUT2D eigenvalue weighted by molar-refractivity contribution is 1.84. The molecule has 0 amide bonds. The van der Waals surface area contributed by atoms with E-state index in [2.05, 4.69) is 46.2 Å². The van der Waals surface area contributed by atoms with E-state index >= 15 is 0 Å². The maximum Gasteiger partial charge on any atom is 0.0432 e. The maximum absolute atomic E-state index is 2.33. The fourth-order valence-corrected chi connectivity index (χ4v) is 3.27. The van der Waals surface area contributed by atoms with Gasteiger partial charge < -0.3 is 0 Å². The number of allylic oxidation sites excluding steroid dienone is 2. The molecule has 0 atom stereocenters. The van der Waals surface area contributed by atoms with Crippen molar-refractivity contribution in [2.45, 2.75) is 0 Å². The van der Waals surface area contributed by atoms with Gasteiger partial charge in [-0.1, -0.05) is 18.2 Å². The van der Waals surface area contributed by atoms with Crippen molar-refractivity contribution in [3.63, 3.8) is 0 Å². The lowest BCUT2D eigenvalue weighted by Gasteiger charge is -2.05. The van der Waals surface area contributed by atoms with Gasteiger partial charge in [0, 0.05) is 10.6 Å². The number of hydrogen-bond acceptors (Lipinski definition) is 1. The minimum absolute atomic E-state index is 0.0714. The van der Waals surface area contributed by atoms with Gasteiger partial charge in [-0.25, -0.2) is 10.9 Å². The summed E-state index contributed by atoms with van der Waals surface area (Å²) in [4.78, 5) is 1.38. The second-order valence-electron chi connectivity index (χ2n) is 2.27. The second kappa shape index (κ2) is 3.28. The van der Waals surface area contributed by atoms with Crippen molar-refractivity contribution in [3.8, 4) is 0 Å². The SMILES string of the molecule is [CH](c1cccs1)[SH]1C=CC=C1. The lowest BCUT2D eigenvalue weighted by Crippen LogP contribution is -1.70. The highest BCUT2D eigenvalue weighted by Crippen LogP contribution is 2.39. The third-order valence-electron chi connectivity index (χ3n) is 1.45. The van der Waals surface area contributed by atoms with Crippen LogP contribution in [0.5, 0.6) is 0 Å². The highest BCUT2D eigenvalue weighted by Gasteiger charge is 2.01. The molecule has 2 heterocycles. The summed E-state index contributed by atoms with van der Waals surface area (Å²) in [5, 5.41) is 6.63. The molecule has 57 valence electrons. The minimum Gasteiger partial charge on any atom is -0.204 e. The number of rotatable bonds is 2. The molecule has 0 bridgehead atoms. The lowest BCUT2D eigenvalue weighted by atomic mass is 10.5. The van der Waals surface area contributed by atoms with Crippen LogP contribution in [0, 0.1) is 5.75 Å². The summed E-state index contributed by atoms with van der Waals surface area (Å²) in [6.07, 6.45) is 4.24. The molecule has 1 aliphatic heterocycles. The Morgan fingerprint density at radius 2 is 2.09 bits per heavy atom. The topological polar surface area (TPSA) is 0 Å². The minimum atomic E-state index is -0.0714. The van der Waals surface area contributed by atoms with Crippen LogP contribution in [-0.4, -0.2) is 0 Å². The van der Waals surface area contributed by atoms with Crippen LogP contribution in [-0.2, 0) is 0 Å². The van der Waals surface area contributed by atoms with Gasteiger partial charge in [0.05, 0.1) is 0 Å². The van der Waals surface area contributed by atoms with E-state index in [1.54, 1.807) is 11.3 Å². The molecule has 1 aromatic rings. The van der Waals surface area contributed by atoms with Gasteiger partial charge in [0.15, 0.2) is 0 Å².